The van der Waals surface area contributed by atoms with Gasteiger partial charge in [0.15, 0.2) is 0 Å². The number of carboxylic acid groups (broad SMARTS) is 1. The van der Waals surface area contributed by atoms with Crippen molar-refractivity contribution in [1.29, 1.82) is 0 Å². The van der Waals surface area contributed by atoms with Crippen molar-refractivity contribution in [2.24, 2.45) is 0 Å². The van der Waals surface area contributed by atoms with Crippen LogP contribution in [-0.2, 0) is 10.0 Å². The topological polar surface area (TPSA) is 86.7 Å². The Hall–Kier alpha value is -0.710. The standard InChI is InChI=1S/C13H19IN2O4S/c1-13(2,16(3)4)8-15-21(19,20)9-5-6-11(14)10(7-9)12(17)18/h5-7,15H,8H2,1-4H3,(H,17,18). The highest BCUT2D eigenvalue weighted by molar-refractivity contribution is 14.1. The highest BCUT2D eigenvalue weighted by atomic mass is 127. The van der Waals surface area contributed by atoms with E-state index >= 15 is 0 Å². The molecule has 0 amide bonds. The van der Waals surface area contributed by atoms with Gasteiger partial charge in [-0.15, -0.1) is 0 Å². The Kier molecular flexibility index (Phi) is 5.76. The van der Waals surface area contributed by atoms with Crippen molar-refractivity contribution in [3.05, 3.63) is 27.3 Å². The molecule has 0 aliphatic carbocycles. The summed E-state index contributed by atoms with van der Waals surface area (Å²) in [5.41, 5.74) is -0.378. The van der Waals surface area contributed by atoms with Crippen molar-refractivity contribution in [2.45, 2.75) is 24.3 Å². The fourth-order valence-electron chi connectivity index (χ4n) is 1.35. The van der Waals surface area contributed by atoms with Crippen LogP contribution in [0.1, 0.15) is 24.2 Å². The molecule has 1 rings (SSSR count). The molecular weight excluding hydrogens is 407 g/mol. The summed E-state index contributed by atoms with van der Waals surface area (Å²) in [6.45, 7) is 4.04. The van der Waals surface area contributed by atoms with E-state index in [0.717, 1.165) is 0 Å². The van der Waals surface area contributed by atoms with Crippen molar-refractivity contribution < 1.29 is 18.3 Å². The third kappa shape index (κ3) is 4.63. The van der Waals surface area contributed by atoms with E-state index < -0.39 is 16.0 Å². The van der Waals surface area contributed by atoms with Crippen LogP contribution in [0.25, 0.3) is 0 Å². The molecule has 0 fully saturated rings. The number of nitrogens with zero attached hydrogens (tertiary/aromatic N) is 1. The summed E-state index contributed by atoms with van der Waals surface area (Å²) < 4.78 is 27.5. The smallest absolute Gasteiger partial charge is 0.336 e. The van der Waals surface area contributed by atoms with Crippen molar-refractivity contribution >= 4 is 38.6 Å². The second kappa shape index (κ2) is 6.59. The first kappa shape index (κ1) is 18.3. The van der Waals surface area contributed by atoms with E-state index in [4.69, 9.17) is 5.11 Å². The molecule has 0 saturated carbocycles. The zero-order valence-corrected chi connectivity index (χ0v) is 15.3. The van der Waals surface area contributed by atoms with Crippen LogP contribution in [0.5, 0.6) is 0 Å². The Bertz CT molecular complexity index is 642. The lowest BCUT2D eigenvalue weighted by Crippen LogP contribution is -2.48. The Balaban J connectivity index is 3.04. The van der Waals surface area contributed by atoms with E-state index in [0.29, 0.717) is 3.57 Å². The summed E-state index contributed by atoms with van der Waals surface area (Å²) >= 11 is 1.86. The van der Waals surface area contributed by atoms with Crippen molar-refractivity contribution in [3.8, 4) is 0 Å². The fourth-order valence-corrected chi connectivity index (χ4v) is 3.14. The largest absolute Gasteiger partial charge is 0.478 e. The summed E-state index contributed by atoms with van der Waals surface area (Å²) in [7, 11) is -0.0175. The van der Waals surface area contributed by atoms with Crippen LogP contribution >= 0.6 is 22.6 Å². The van der Waals surface area contributed by atoms with Crippen LogP contribution in [-0.4, -0.2) is 50.6 Å². The number of halogens is 1. The molecule has 0 saturated heterocycles. The number of carboxylic acids is 1. The van der Waals surface area contributed by atoms with E-state index in [-0.39, 0.29) is 22.5 Å². The normalized spacial score (nSPS) is 12.7. The van der Waals surface area contributed by atoms with Gasteiger partial charge in [0, 0.05) is 15.7 Å². The van der Waals surface area contributed by atoms with Crippen LogP contribution in [0.3, 0.4) is 0 Å². The maximum absolute atomic E-state index is 12.3. The molecule has 0 aliphatic heterocycles. The monoisotopic (exact) mass is 426 g/mol. The molecule has 0 aromatic heterocycles. The molecule has 0 bridgehead atoms. The first-order chi connectivity index (χ1) is 9.47. The van der Waals surface area contributed by atoms with Crippen LogP contribution in [0.4, 0.5) is 0 Å². The van der Waals surface area contributed by atoms with Gasteiger partial charge in [0.2, 0.25) is 10.0 Å². The Morgan fingerprint density at radius 3 is 2.43 bits per heavy atom. The first-order valence-corrected chi connectivity index (χ1v) is 8.73. The van der Waals surface area contributed by atoms with Gasteiger partial charge in [-0.05, 0) is 68.7 Å². The number of carbonyl (C=O) groups is 1. The van der Waals surface area contributed by atoms with Gasteiger partial charge in [-0.25, -0.2) is 17.9 Å². The van der Waals surface area contributed by atoms with E-state index in [9.17, 15) is 13.2 Å². The van der Waals surface area contributed by atoms with E-state index in [2.05, 4.69) is 4.72 Å². The molecule has 0 unspecified atom stereocenters. The third-order valence-electron chi connectivity index (χ3n) is 3.38. The second-order valence-corrected chi connectivity index (χ2v) is 8.41. The average Bonchev–Trinajstić information content (AvgIpc) is 2.36. The zero-order valence-electron chi connectivity index (χ0n) is 12.3. The maximum Gasteiger partial charge on any atom is 0.336 e. The van der Waals surface area contributed by atoms with Gasteiger partial charge in [-0.2, -0.15) is 0 Å². The van der Waals surface area contributed by atoms with Crippen LogP contribution in [0.2, 0.25) is 0 Å². The molecule has 6 nitrogen and oxygen atoms in total. The predicted molar refractivity (Wildman–Crippen MR) is 89.1 cm³/mol. The number of nitrogens with one attached hydrogen (secondary N) is 1. The summed E-state index contributed by atoms with van der Waals surface area (Å²) in [5.74, 6) is -1.15. The average molecular weight is 426 g/mol. The zero-order chi connectivity index (χ0) is 16.4. The first-order valence-electron chi connectivity index (χ1n) is 6.17. The summed E-state index contributed by atoms with van der Waals surface area (Å²) in [4.78, 5) is 12.9. The number of hydrogen-bond acceptors (Lipinski definition) is 4. The van der Waals surface area contributed by atoms with Crippen molar-refractivity contribution in [1.82, 2.24) is 9.62 Å². The van der Waals surface area contributed by atoms with Crippen molar-refractivity contribution in [2.75, 3.05) is 20.6 Å². The molecule has 0 atom stereocenters. The highest BCUT2D eigenvalue weighted by Gasteiger charge is 2.25. The molecule has 2 N–H and O–H groups in total. The van der Waals surface area contributed by atoms with Crippen LogP contribution < -0.4 is 4.72 Å². The quantitative estimate of drug-likeness (QED) is 0.676. The number of hydrogen-bond donors (Lipinski definition) is 2. The van der Waals surface area contributed by atoms with Gasteiger partial charge in [-0.1, -0.05) is 0 Å². The van der Waals surface area contributed by atoms with Crippen LogP contribution in [0, 0.1) is 3.57 Å². The molecule has 118 valence electrons. The number of benzene rings is 1. The van der Waals surface area contributed by atoms with Gasteiger partial charge in [-0.3, -0.25) is 0 Å². The Morgan fingerprint density at radius 2 is 1.95 bits per heavy atom. The van der Waals surface area contributed by atoms with E-state index in [1.807, 2.05) is 55.4 Å². The minimum atomic E-state index is -3.74. The number of sulfonamides is 1. The molecule has 1 aromatic carbocycles. The van der Waals surface area contributed by atoms with Gasteiger partial charge < -0.3 is 10.0 Å². The molecule has 1 aromatic rings. The molecule has 0 heterocycles. The van der Waals surface area contributed by atoms with Gasteiger partial charge in [0.1, 0.15) is 0 Å². The SMILES string of the molecule is CN(C)C(C)(C)CNS(=O)(=O)c1ccc(I)c(C(=O)O)c1. The van der Waals surface area contributed by atoms with E-state index in [1.54, 1.807) is 0 Å². The third-order valence-corrected chi connectivity index (χ3v) is 5.72. The molecular formula is C13H19IN2O4S. The maximum atomic E-state index is 12.3. The minimum absolute atomic E-state index is 0.0228. The minimum Gasteiger partial charge on any atom is -0.478 e. The fraction of sp³-hybridized carbons (Fsp3) is 0.462. The number of aromatic carboxylic acids is 1. The number of rotatable bonds is 6. The number of likely N-dealkylation sites (N-methyl/N-ethyl adjacent to an activating group) is 1. The van der Waals surface area contributed by atoms with Gasteiger partial charge in [0.05, 0.1) is 10.5 Å². The van der Waals surface area contributed by atoms with Gasteiger partial charge >= 0.3 is 5.97 Å². The molecule has 0 spiro atoms. The molecule has 8 heteroatoms. The molecule has 0 aliphatic rings. The highest BCUT2D eigenvalue weighted by Crippen LogP contribution is 2.18. The lowest BCUT2D eigenvalue weighted by molar-refractivity contribution is 0.0695. The van der Waals surface area contributed by atoms with Crippen molar-refractivity contribution in [3.63, 3.8) is 0 Å². The predicted octanol–water partition coefficient (Wildman–Crippen LogP) is 1.61. The Labute approximate surface area is 138 Å². The van der Waals surface area contributed by atoms with Crippen LogP contribution in [0.15, 0.2) is 23.1 Å². The summed E-state index contributed by atoms with van der Waals surface area (Å²) in [5, 5.41) is 9.06. The lowest BCUT2D eigenvalue weighted by atomic mass is 10.1. The lowest BCUT2D eigenvalue weighted by Gasteiger charge is -2.32. The van der Waals surface area contributed by atoms with Gasteiger partial charge in [0.25, 0.3) is 0 Å². The summed E-state index contributed by atoms with van der Waals surface area (Å²) in [6, 6.07) is 4.06. The molecule has 21 heavy (non-hydrogen) atoms. The Morgan fingerprint density at radius 1 is 1.38 bits per heavy atom. The summed E-state index contributed by atoms with van der Waals surface area (Å²) in [6.07, 6.45) is 0. The molecule has 0 radical (unpaired) electrons. The van der Waals surface area contributed by atoms with E-state index in [1.165, 1.54) is 18.2 Å². The second-order valence-electron chi connectivity index (χ2n) is 5.48.